The van der Waals surface area contributed by atoms with Crippen LogP contribution in [0.1, 0.15) is 18.4 Å². The average Bonchev–Trinajstić information content (AvgIpc) is 3.11. The van der Waals surface area contributed by atoms with Crippen LogP contribution in [0.3, 0.4) is 0 Å². The molecule has 0 spiro atoms. The fourth-order valence-corrected chi connectivity index (χ4v) is 4.04. The van der Waals surface area contributed by atoms with E-state index in [0.717, 1.165) is 41.4 Å². The summed E-state index contributed by atoms with van der Waals surface area (Å²) in [5, 5.41) is 2.27. The summed E-state index contributed by atoms with van der Waals surface area (Å²) < 4.78 is 0. The Bertz CT molecular complexity index is 1080. The van der Waals surface area contributed by atoms with Gasteiger partial charge in [-0.05, 0) is 54.1 Å². The monoisotopic (exact) mass is 408 g/mol. The van der Waals surface area contributed by atoms with E-state index in [1.807, 2.05) is 12.1 Å². The number of nitrogens with one attached hydrogen (secondary N) is 1. The molecular formula is C24H22Cl2N2. The molecule has 28 heavy (non-hydrogen) atoms. The van der Waals surface area contributed by atoms with Gasteiger partial charge in [0.05, 0.1) is 15.6 Å². The number of fused-ring (bicyclic) bond motifs is 1. The van der Waals surface area contributed by atoms with Gasteiger partial charge in [0, 0.05) is 11.1 Å². The summed E-state index contributed by atoms with van der Waals surface area (Å²) in [5.74, 6) is 0. The van der Waals surface area contributed by atoms with Crippen LogP contribution < -0.4 is 5.73 Å². The molecule has 3 N–H and O–H groups in total. The molecule has 4 aromatic rings. The van der Waals surface area contributed by atoms with Crippen LogP contribution in [-0.2, 0) is 6.42 Å². The van der Waals surface area contributed by atoms with Crippen molar-refractivity contribution in [3.05, 3.63) is 82.3 Å². The van der Waals surface area contributed by atoms with E-state index < -0.39 is 0 Å². The molecule has 4 rings (SSSR count). The summed E-state index contributed by atoms with van der Waals surface area (Å²) in [6, 6.07) is 23.0. The third kappa shape index (κ3) is 3.68. The molecule has 0 aliphatic heterocycles. The van der Waals surface area contributed by atoms with Crippen molar-refractivity contribution in [1.82, 2.24) is 4.98 Å². The maximum Gasteiger partial charge on any atom is 0.0833 e. The third-order valence-corrected chi connectivity index (χ3v) is 5.94. The Morgan fingerprint density at radius 1 is 0.750 bits per heavy atom. The Balaban J connectivity index is 1.78. The van der Waals surface area contributed by atoms with Gasteiger partial charge in [0.1, 0.15) is 0 Å². The van der Waals surface area contributed by atoms with Crippen molar-refractivity contribution in [3.8, 4) is 22.4 Å². The van der Waals surface area contributed by atoms with Gasteiger partial charge in [-0.25, -0.2) is 0 Å². The lowest BCUT2D eigenvalue weighted by Crippen LogP contribution is -1.99. The molecule has 0 fully saturated rings. The minimum atomic E-state index is 0.565. The topological polar surface area (TPSA) is 41.8 Å². The summed E-state index contributed by atoms with van der Waals surface area (Å²) in [4.78, 5) is 3.53. The summed E-state index contributed by atoms with van der Waals surface area (Å²) in [7, 11) is 0. The number of hydrogen-bond donors (Lipinski definition) is 2. The van der Waals surface area contributed by atoms with Gasteiger partial charge >= 0.3 is 0 Å². The van der Waals surface area contributed by atoms with Gasteiger partial charge in [-0.1, -0.05) is 83.9 Å². The van der Waals surface area contributed by atoms with Gasteiger partial charge in [-0.2, -0.15) is 0 Å². The maximum atomic E-state index is 6.48. The van der Waals surface area contributed by atoms with Crippen LogP contribution in [0.2, 0.25) is 10.0 Å². The molecular weight excluding hydrogens is 387 g/mol. The average molecular weight is 409 g/mol. The molecule has 142 valence electrons. The summed E-state index contributed by atoms with van der Waals surface area (Å²) in [6.45, 7) is 0.704. The van der Waals surface area contributed by atoms with E-state index in [1.165, 1.54) is 16.7 Å². The fourth-order valence-electron chi connectivity index (χ4n) is 3.67. The highest BCUT2D eigenvalue weighted by Gasteiger charge is 2.16. The number of aryl methyl sites for hydroxylation is 1. The zero-order chi connectivity index (χ0) is 19.5. The van der Waals surface area contributed by atoms with Crippen LogP contribution in [0.25, 0.3) is 33.3 Å². The standard InChI is InChI=1S/C24H22Cl2N2/c25-21-14-13-20-19(8-4-5-15-27)23(28-24(20)22(21)26)18-11-9-17(10-12-18)16-6-2-1-3-7-16/h1-3,6-7,9-14,28H,4-5,8,15,27H2. The van der Waals surface area contributed by atoms with Crippen LogP contribution in [0.5, 0.6) is 0 Å². The fraction of sp³-hybridized carbons (Fsp3) is 0.167. The second-order valence-corrected chi connectivity index (χ2v) is 7.74. The van der Waals surface area contributed by atoms with E-state index in [4.69, 9.17) is 28.9 Å². The molecule has 0 saturated heterocycles. The van der Waals surface area contributed by atoms with Crippen molar-refractivity contribution < 1.29 is 0 Å². The lowest BCUT2D eigenvalue weighted by Gasteiger charge is -2.07. The van der Waals surface area contributed by atoms with E-state index >= 15 is 0 Å². The maximum absolute atomic E-state index is 6.48. The van der Waals surface area contributed by atoms with Gasteiger partial charge in [-0.3, -0.25) is 0 Å². The zero-order valence-corrected chi connectivity index (χ0v) is 17.0. The predicted octanol–water partition coefficient (Wildman–Crippen LogP) is 7.09. The molecule has 0 aliphatic rings. The lowest BCUT2D eigenvalue weighted by atomic mass is 9.98. The highest BCUT2D eigenvalue weighted by Crippen LogP contribution is 2.38. The number of nitrogens with two attached hydrogens (primary N) is 1. The third-order valence-electron chi connectivity index (χ3n) is 5.13. The van der Waals surface area contributed by atoms with Crippen molar-refractivity contribution in [1.29, 1.82) is 0 Å². The lowest BCUT2D eigenvalue weighted by molar-refractivity contribution is 0.748. The molecule has 2 nitrogen and oxygen atoms in total. The second-order valence-electron chi connectivity index (χ2n) is 6.95. The largest absolute Gasteiger partial charge is 0.353 e. The first-order valence-electron chi connectivity index (χ1n) is 9.53. The van der Waals surface area contributed by atoms with E-state index in [1.54, 1.807) is 0 Å². The number of unbranched alkanes of at least 4 members (excludes halogenated alkanes) is 1. The summed E-state index contributed by atoms with van der Waals surface area (Å²) >= 11 is 12.7. The molecule has 3 aromatic carbocycles. The Kier molecular flexibility index (Phi) is 5.72. The predicted molar refractivity (Wildman–Crippen MR) is 121 cm³/mol. The minimum Gasteiger partial charge on any atom is -0.353 e. The molecule has 0 aliphatic carbocycles. The van der Waals surface area contributed by atoms with Gasteiger partial charge in [-0.15, -0.1) is 0 Å². The van der Waals surface area contributed by atoms with Crippen LogP contribution >= 0.6 is 23.2 Å². The van der Waals surface area contributed by atoms with Crippen LogP contribution in [0.4, 0.5) is 0 Å². The summed E-state index contributed by atoms with van der Waals surface area (Å²) in [5.41, 5.74) is 12.5. The molecule has 0 atom stereocenters. The van der Waals surface area contributed by atoms with Gasteiger partial charge in [0.25, 0.3) is 0 Å². The molecule has 1 aromatic heterocycles. The van der Waals surface area contributed by atoms with Crippen molar-refractivity contribution in [3.63, 3.8) is 0 Å². The zero-order valence-electron chi connectivity index (χ0n) is 15.5. The van der Waals surface area contributed by atoms with Gasteiger partial charge < -0.3 is 10.7 Å². The van der Waals surface area contributed by atoms with E-state index in [9.17, 15) is 0 Å². The quantitative estimate of drug-likeness (QED) is 0.328. The normalized spacial score (nSPS) is 11.2. The number of rotatable bonds is 6. The van der Waals surface area contributed by atoms with Gasteiger partial charge in [0.15, 0.2) is 0 Å². The minimum absolute atomic E-state index is 0.565. The first-order chi connectivity index (χ1) is 13.7. The van der Waals surface area contributed by atoms with E-state index in [0.29, 0.717) is 16.6 Å². The van der Waals surface area contributed by atoms with E-state index in [2.05, 4.69) is 59.6 Å². The van der Waals surface area contributed by atoms with Crippen molar-refractivity contribution in [2.45, 2.75) is 19.3 Å². The SMILES string of the molecule is NCCCCc1c(-c2ccc(-c3ccccc3)cc2)[nH]c2c(Cl)c(Cl)ccc12. The molecule has 0 unspecified atom stereocenters. The molecule has 0 radical (unpaired) electrons. The highest BCUT2D eigenvalue weighted by atomic mass is 35.5. The van der Waals surface area contributed by atoms with Crippen LogP contribution in [0, 0.1) is 0 Å². The Labute approximate surface area is 175 Å². The first kappa shape index (κ1) is 19.1. The van der Waals surface area contributed by atoms with Crippen molar-refractivity contribution in [2.75, 3.05) is 6.54 Å². The Morgan fingerprint density at radius 2 is 1.43 bits per heavy atom. The molecule has 0 bridgehead atoms. The first-order valence-corrected chi connectivity index (χ1v) is 10.3. The van der Waals surface area contributed by atoms with Crippen LogP contribution in [0.15, 0.2) is 66.7 Å². The number of aromatic nitrogens is 1. The van der Waals surface area contributed by atoms with Crippen LogP contribution in [-0.4, -0.2) is 11.5 Å². The second kappa shape index (κ2) is 8.40. The highest BCUT2D eigenvalue weighted by molar-refractivity contribution is 6.45. The number of hydrogen-bond acceptors (Lipinski definition) is 1. The van der Waals surface area contributed by atoms with Crippen molar-refractivity contribution >= 4 is 34.1 Å². The molecule has 4 heteroatoms. The molecule has 1 heterocycles. The van der Waals surface area contributed by atoms with Gasteiger partial charge in [0.2, 0.25) is 0 Å². The van der Waals surface area contributed by atoms with E-state index in [-0.39, 0.29) is 0 Å². The number of halogens is 2. The molecule has 0 saturated carbocycles. The smallest absolute Gasteiger partial charge is 0.0833 e. The Hall–Kier alpha value is -2.26. The number of benzene rings is 3. The number of H-pyrrole nitrogens is 1. The van der Waals surface area contributed by atoms with Crippen molar-refractivity contribution in [2.24, 2.45) is 5.73 Å². The number of aromatic amines is 1. The Morgan fingerprint density at radius 3 is 2.14 bits per heavy atom. The molecule has 0 amide bonds. The summed E-state index contributed by atoms with van der Waals surface area (Å²) in [6.07, 6.45) is 2.99.